The van der Waals surface area contributed by atoms with Crippen molar-refractivity contribution in [3.8, 4) is 0 Å². The molecule has 0 atom stereocenters. The molecule has 0 unspecified atom stereocenters. The lowest BCUT2D eigenvalue weighted by atomic mass is 10.3. The molecule has 1 aromatic carbocycles. The first-order valence-electron chi connectivity index (χ1n) is 6.16. The lowest BCUT2D eigenvalue weighted by molar-refractivity contribution is 0.103. The maximum atomic E-state index is 13.5. The molecule has 1 amide bonds. The van der Waals surface area contributed by atoms with E-state index in [1.54, 1.807) is 0 Å². The van der Waals surface area contributed by atoms with Crippen LogP contribution in [-0.2, 0) is 0 Å². The number of hydrogen-bond donors (Lipinski definition) is 3. The summed E-state index contributed by atoms with van der Waals surface area (Å²) in [7, 11) is 0. The zero-order valence-corrected chi connectivity index (χ0v) is 12.2. The largest absolute Gasteiger partial charge is 0.382 e. The highest BCUT2D eigenvalue weighted by atomic mass is 32.1. The van der Waals surface area contributed by atoms with Crippen LogP contribution < -0.4 is 16.4 Å². The molecule has 2 aromatic rings. The van der Waals surface area contributed by atoms with Gasteiger partial charge in [-0.15, -0.1) is 0 Å². The number of amides is 1. The molecule has 112 valence electrons. The van der Waals surface area contributed by atoms with Gasteiger partial charge in [0.25, 0.3) is 5.91 Å². The van der Waals surface area contributed by atoms with E-state index in [0.29, 0.717) is 11.2 Å². The molecule has 1 heterocycles. The molecule has 0 spiro atoms. The summed E-state index contributed by atoms with van der Waals surface area (Å²) in [6.45, 7) is 3.84. The number of nitrogen functional groups attached to an aromatic ring is 1. The first-order chi connectivity index (χ1) is 9.86. The van der Waals surface area contributed by atoms with Gasteiger partial charge in [-0.1, -0.05) is 11.3 Å². The zero-order chi connectivity index (χ0) is 15.6. The van der Waals surface area contributed by atoms with Crippen molar-refractivity contribution >= 4 is 33.9 Å². The predicted octanol–water partition coefficient (Wildman–Crippen LogP) is 3.08. The molecule has 0 fully saturated rings. The minimum absolute atomic E-state index is 0.0585. The zero-order valence-electron chi connectivity index (χ0n) is 11.4. The molecule has 0 saturated heterocycles. The van der Waals surface area contributed by atoms with E-state index in [0.717, 1.165) is 23.5 Å². The van der Waals surface area contributed by atoms with Crippen LogP contribution in [0.4, 0.5) is 25.4 Å². The van der Waals surface area contributed by atoms with Crippen molar-refractivity contribution in [1.82, 2.24) is 4.98 Å². The molecule has 5 nitrogen and oxygen atoms in total. The number of aromatic nitrogens is 1. The van der Waals surface area contributed by atoms with E-state index in [-0.39, 0.29) is 22.4 Å². The number of anilines is 3. The maximum absolute atomic E-state index is 13.5. The van der Waals surface area contributed by atoms with Gasteiger partial charge < -0.3 is 16.4 Å². The monoisotopic (exact) mass is 312 g/mol. The minimum Gasteiger partial charge on any atom is -0.382 e. The molecular weight excluding hydrogens is 298 g/mol. The summed E-state index contributed by atoms with van der Waals surface area (Å²) in [6, 6.07) is 3.03. The third kappa shape index (κ3) is 3.66. The number of benzene rings is 1. The molecule has 21 heavy (non-hydrogen) atoms. The summed E-state index contributed by atoms with van der Waals surface area (Å²) in [5, 5.41) is 5.88. The van der Waals surface area contributed by atoms with Crippen molar-refractivity contribution in [2.24, 2.45) is 0 Å². The number of carbonyl (C=O) groups excluding carboxylic acids is 1. The number of carbonyl (C=O) groups is 1. The van der Waals surface area contributed by atoms with E-state index in [4.69, 9.17) is 5.73 Å². The smallest absolute Gasteiger partial charge is 0.269 e. The average Bonchev–Trinajstić information content (AvgIpc) is 2.72. The van der Waals surface area contributed by atoms with Gasteiger partial charge in [0.1, 0.15) is 22.3 Å². The number of nitrogens with zero attached hydrogens (tertiary/aromatic N) is 1. The van der Waals surface area contributed by atoms with Crippen LogP contribution >= 0.6 is 11.3 Å². The Morgan fingerprint density at radius 2 is 2.10 bits per heavy atom. The molecule has 0 saturated carbocycles. The van der Waals surface area contributed by atoms with Crippen LogP contribution in [0.2, 0.25) is 0 Å². The van der Waals surface area contributed by atoms with Gasteiger partial charge >= 0.3 is 0 Å². The summed E-state index contributed by atoms with van der Waals surface area (Å²) in [5.41, 5.74) is 5.56. The standard InChI is InChI=1S/C13H14F2N4OS/c1-6(2)17-13-19-11(16)10(21-13)12(20)18-9-4-3-7(14)5-8(9)15/h3-6H,16H2,1-2H3,(H,17,19)(H,18,20). The number of hydrogen-bond acceptors (Lipinski definition) is 5. The number of thiazole rings is 1. The van der Waals surface area contributed by atoms with Gasteiger partial charge in [-0.05, 0) is 26.0 Å². The molecular formula is C13H14F2N4OS. The Kier molecular flexibility index (Phi) is 4.37. The second-order valence-corrected chi connectivity index (χ2v) is 5.61. The summed E-state index contributed by atoms with van der Waals surface area (Å²) in [5.74, 6) is -2.10. The van der Waals surface area contributed by atoms with Gasteiger partial charge in [0.15, 0.2) is 5.13 Å². The third-order valence-corrected chi connectivity index (χ3v) is 3.45. The minimum atomic E-state index is -0.855. The quantitative estimate of drug-likeness (QED) is 0.810. The second kappa shape index (κ2) is 6.04. The maximum Gasteiger partial charge on any atom is 0.269 e. The fraction of sp³-hybridized carbons (Fsp3) is 0.231. The SMILES string of the molecule is CC(C)Nc1nc(N)c(C(=O)Nc2ccc(F)cc2F)s1. The Morgan fingerprint density at radius 1 is 1.38 bits per heavy atom. The van der Waals surface area contributed by atoms with Gasteiger partial charge in [-0.2, -0.15) is 0 Å². The van der Waals surface area contributed by atoms with Crippen molar-refractivity contribution in [3.63, 3.8) is 0 Å². The highest BCUT2D eigenvalue weighted by Gasteiger charge is 2.18. The Labute approximate surface area is 124 Å². The van der Waals surface area contributed by atoms with Crippen LogP contribution in [0, 0.1) is 11.6 Å². The third-order valence-electron chi connectivity index (χ3n) is 2.45. The summed E-state index contributed by atoms with van der Waals surface area (Å²) in [6.07, 6.45) is 0. The van der Waals surface area contributed by atoms with Crippen LogP contribution in [0.25, 0.3) is 0 Å². The van der Waals surface area contributed by atoms with E-state index < -0.39 is 17.5 Å². The summed E-state index contributed by atoms with van der Waals surface area (Å²) < 4.78 is 26.3. The lowest BCUT2D eigenvalue weighted by Gasteiger charge is -2.05. The van der Waals surface area contributed by atoms with Gasteiger partial charge in [0.2, 0.25) is 0 Å². The van der Waals surface area contributed by atoms with Crippen molar-refractivity contribution in [1.29, 1.82) is 0 Å². The molecule has 0 radical (unpaired) electrons. The van der Waals surface area contributed by atoms with Gasteiger partial charge in [0, 0.05) is 12.1 Å². The molecule has 0 aliphatic carbocycles. The van der Waals surface area contributed by atoms with Crippen LogP contribution in [0.1, 0.15) is 23.5 Å². The van der Waals surface area contributed by atoms with E-state index in [1.165, 1.54) is 0 Å². The highest BCUT2D eigenvalue weighted by Crippen LogP contribution is 2.27. The first-order valence-corrected chi connectivity index (χ1v) is 6.97. The Bertz CT molecular complexity index is 672. The first kappa shape index (κ1) is 15.2. The van der Waals surface area contributed by atoms with E-state index in [2.05, 4.69) is 15.6 Å². The topological polar surface area (TPSA) is 80.0 Å². The second-order valence-electron chi connectivity index (χ2n) is 4.61. The van der Waals surface area contributed by atoms with Crippen molar-refractivity contribution < 1.29 is 13.6 Å². The fourth-order valence-corrected chi connectivity index (χ4v) is 2.50. The summed E-state index contributed by atoms with van der Waals surface area (Å²) in [4.78, 5) is 16.3. The van der Waals surface area contributed by atoms with Crippen molar-refractivity contribution in [2.45, 2.75) is 19.9 Å². The summed E-state index contributed by atoms with van der Waals surface area (Å²) >= 11 is 1.07. The molecule has 0 aliphatic rings. The normalized spacial score (nSPS) is 10.7. The molecule has 2 rings (SSSR count). The van der Waals surface area contributed by atoms with Gasteiger partial charge in [-0.3, -0.25) is 4.79 Å². The van der Waals surface area contributed by atoms with Gasteiger partial charge in [0.05, 0.1) is 5.69 Å². The molecule has 0 bridgehead atoms. The highest BCUT2D eigenvalue weighted by molar-refractivity contribution is 7.18. The number of nitrogens with two attached hydrogens (primary N) is 1. The van der Waals surface area contributed by atoms with Crippen LogP contribution in [0.3, 0.4) is 0 Å². The number of rotatable bonds is 4. The Balaban J connectivity index is 2.18. The van der Waals surface area contributed by atoms with Crippen LogP contribution in [-0.4, -0.2) is 16.9 Å². The molecule has 1 aromatic heterocycles. The van der Waals surface area contributed by atoms with Crippen molar-refractivity contribution in [3.05, 3.63) is 34.7 Å². The fourth-order valence-electron chi connectivity index (χ4n) is 1.57. The van der Waals surface area contributed by atoms with Crippen molar-refractivity contribution in [2.75, 3.05) is 16.4 Å². The van der Waals surface area contributed by atoms with E-state index >= 15 is 0 Å². The van der Waals surface area contributed by atoms with Gasteiger partial charge in [-0.25, -0.2) is 13.8 Å². The Hall–Kier alpha value is -2.22. The van der Waals surface area contributed by atoms with E-state index in [9.17, 15) is 13.6 Å². The lowest BCUT2D eigenvalue weighted by Crippen LogP contribution is -2.13. The number of nitrogens with one attached hydrogen (secondary N) is 2. The van der Waals surface area contributed by atoms with Crippen LogP contribution in [0.15, 0.2) is 18.2 Å². The Morgan fingerprint density at radius 3 is 2.71 bits per heavy atom. The molecule has 8 heteroatoms. The molecule has 4 N–H and O–H groups in total. The van der Waals surface area contributed by atoms with Crippen LogP contribution in [0.5, 0.6) is 0 Å². The average molecular weight is 312 g/mol. The number of halogens is 2. The van der Waals surface area contributed by atoms with E-state index in [1.807, 2.05) is 13.8 Å². The molecule has 0 aliphatic heterocycles. The predicted molar refractivity (Wildman–Crippen MR) is 79.6 cm³/mol.